The number of hydrogen-bond acceptors (Lipinski definition) is 11. The number of carboxylic acids is 1. The van der Waals surface area contributed by atoms with Crippen LogP contribution in [0, 0.1) is 11.3 Å². The summed E-state index contributed by atoms with van der Waals surface area (Å²) in [6, 6.07) is 2.40. The number of anilines is 1. The van der Waals surface area contributed by atoms with Crippen LogP contribution in [-0.2, 0) is 19.6 Å². The van der Waals surface area contributed by atoms with Gasteiger partial charge in [-0.25, -0.2) is 22.2 Å². The highest BCUT2D eigenvalue weighted by atomic mass is 32.2. The van der Waals surface area contributed by atoms with E-state index in [4.69, 9.17) is 9.72 Å². The molecule has 0 bridgehead atoms. The van der Waals surface area contributed by atoms with Gasteiger partial charge in [0, 0.05) is 30.7 Å². The Balaban J connectivity index is 1.58. The van der Waals surface area contributed by atoms with Crippen molar-refractivity contribution < 1.29 is 31.8 Å². The Morgan fingerprint density at radius 3 is 2.63 bits per heavy atom. The van der Waals surface area contributed by atoms with Crippen LogP contribution in [0.1, 0.15) is 49.7 Å². The van der Waals surface area contributed by atoms with E-state index >= 15 is 0 Å². The number of piperazine rings is 1. The number of rotatable bonds is 8. The van der Waals surface area contributed by atoms with E-state index in [0.717, 1.165) is 12.8 Å². The maximum atomic E-state index is 13.7. The summed E-state index contributed by atoms with van der Waals surface area (Å²) in [5.74, 6) is -1.05. The average molecular weight is 609 g/mol. The summed E-state index contributed by atoms with van der Waals surface area (Å²) in [7, 11) is -4.32. The Morgan fingerprint density at radius 2 is 2.07 bits per heavy atom. The number of pyridine rings is 1. The summed E-state index contributed by atoms with van der Waals surface area (Å²) < 4.78 is 63.2. The minimum absolute atomic E-state index is 0.0105. The van der Waals surface area contributed by atoms with Crippen LogP contribution in [0.15, 0.2) is 17.2 Å². The number of halogens is 2. The lowest BCUT2D eigenvalue weighted by molar-refractivity contribution is -0.140. The number of imidazole rings is 1. The molecule has 41 heavy (non-hydrogen) atoms. The molecule has 218 valence electrons. The average Bonchev–Trinajstić information content (AvgIpc) is 3.47. The van der Waals surface area contributed by atoms with Crippen molar-refractivity contribution in [3.8, 4) is 16.8 Å². The smallest absolute Gasteiger partial charge is 0.322 e. The minimum Gasteiger partial charge on any atom is -0.480 e. The molecule has 1 aliphatic carbocycles. The lowest BCUT2D eigenvalue weighted by Gasteiger charge is -2.43. The molecule has 3 aromatic rings. The lowest BCUT2D eigenvalue weighted by atomic mass is 9.98. The van der Waals surface area contributed by atoms with Gasteiger partial charge in [-0.3, -0.25) is 14.5 Å². The monoisotopic (exact) mass is 608 g/mol. The third kappa shape index (κ3) is 5.03. The van der Waals surface area contributed by atoms with E-state index in [1.165, 1.54) is 16.7 Å². The largest absolute Gasteiger partial charge is 0.480 e. The maximum absolute atomic E-state index is 13.7. The first kappa shape index (κ1) is 27.8. The van der Waals surface area contributed by atoms with Crippen LogP contribution in [0.5, 0.6) is 0 Å². The first-order chi connectivity index (χ1) is 19.3. The molecule has 0 amide bonds. The van der Waals surface area contributed by atoms with Gasteiger partial charge in [-0.15, -0.1) is 10.2 Å². The summed E-state index contributed by atoms with van der Waals surface area (Å²) in [5, 5.41) is 29.8. The molecule has 3 fully saturated rings. The van der Waals surface area contributed by atoms with Crippen LogP contribution < -0.4 is 14.9 Å². The number of aliphatic carboxylic acids is 1. The summed E-state index contributed by atoms with van der Waals surface area (Å²) in [6.45, 7) is 3.76. The quantitative estimate of drug-likeness (QED) is 0.341. The zero-order valence-electron chi connectivity index (χ0n) is 22.0. The molecule has 5 heterocycles. The number of fused-ring (bicyclic) bond motifs is 1. The van der Waals surface area contributed by atoms with Crippen LogP contribution in [-0.4, -0.2) is 82.5 Å². The molecule has 3 N–H and O–H groups in total. The standard InChI is InChI=1S/C24H26F2N8O5S2/c1-23(2)9-33(7-14(29-23)22(35)36)15-5-13(41(37,38)32-24(8-27)10-39-11-24)6-34-17(16(12-3-4-12)28-19(15)34)20-30-31-21(40-20)18(25)26/h5-6,12,14,18,29,32H,3-4,7,9-11H2,1-2H3,(H,35,36)/t14-/m1/s1. The molecule has 17 heteroatoms. The highest BCUT2D eigenvalue weighted by Crippen LogP contribution is 2.46. The SMILES string of the molecule is CC1(C)CN(c2cc(S(=O)(=O)NC3(C#N)COC3)cn3c(-c4nnc(C(F)F)s4)c(C4CC4)nc23)C[C@H](C(=O)O)N1. The Hall–Kier alpha value is -3.30. The number of aromatic nitrogens is 4. The van der Waals surface area contributed by atoms with E-state index in [1.807, 2.05) is 19.9 Å². The zero-order chi connectivity index (χ0) is 29.3. The van der Waals surface area contributed by atoms with Crippen molar-refractivity contribution >= 4 is 38.7 Å². The van der Waals surface area contributed by atoms with Crippen molar-refractivity contribution in [2.75, 3.05) is 31.2 Å². The number of carbonyl (C=O) groups is 1. The Bertz CT molecular complexity index is 1690. The second kappa shape index (κ2) is 9.63. The fraction of sp³-hybridized carbons (Fsp3) is 0.542. The molecule has 3 aromatic heterocycles. The number of nitrogens with one attached hydrogen (secondary N) is 2. The predicted molar refractivity (Wildman–Crippen MR) is 141 cm³/mol. The van der Waals surface area contributed by atoms with Crippen molar-refractivity contribution in [3.63, 3.8) is 0 Å². The van der Waals surface area contributed by atoms with Gasteiger partial charge in [0.05, 0.1) is 30.7 Å². The molecular weight excluding hydrogens is 582 g/mol. The maximum Gasteiger partial charge on any atom is 0.322 e. The van der Waals surface area contributed by atoms with Gasteiger partial charge in [0.15, 0.2) is 21.2 Å². The van der Waals surface area contributed by atoms with Gasteiger partial charge < -0.3 is 14.7 Å². The molecule has 2 saturated heterocycles. The Morgan fingerprint density at radius 1 is 1.34 bits per heavy atom. The summed E-state index contributed by atoms with van der Waals surface area (Å²) in [4.78, 5) is 18.4. The van der Waals surface area contributed by atoms with Crippen molar-refractivity contribution in [2.45, 2.75) is 61.0 Å². The van der Waals surface area contributed by atoms with Crippen LogP contribution in [0.25, 0.3) is 16.3 Å². The number of nitrogens with zero attached hydrogens (tertiary/aromatic N) is 6. The third-order valence-corrected chi connectivity index (χ3v) is 9.68. The first-order valence-corrected chi connectivity index (χ1v) is 15.1. The normalized spacial score (nSPS) is 22.0. The third-order valence-electron chi connectivity index (χ3n) is 7.24. The predicted octanol–water partition coefficient (Wildman–Crippen LogP) is 1.88. The van der Waals surface area contributed by atoms with Crippen molar-refractivity contribution in [3.05, 3.63) is 23.0 Å². The minimum atomic E-state index is -4.32. The fourth-order valence-corrected chi connectivity index (χ4v) is 7.25. The van der Waals surface area contributed by atoms with Gasteiger partial charge in [-0.2, -0.15) is 9.98 Å². The number of hydrogen-bond donors (Lipinski definition) is 3. The van der Waals surface area contributed by atoms with Crippen LogP contribution in [0.3, 0.4) is 0 Å². The van der Waals surface area contributed by atoms with Crippen LogP contribution >= 0.6 is 11.3 Å². The van der Waals surface area contributed by atoms with Crippen molar-refractivity contribution in [1.82, 2.24) is 29.6 Å². The van der Waals surface area contributed by atoms with E-state index in [2.05, 4.69) is 20.2 Å². The molecule has 6 rings (SSSR count). The van der Waals surface area contributed by atoms with Gasteiger partial charge in [-0.1, -0.05) is 11.3 Å². The molecular formula is C24H26F2N8O5S2. The molecule has 0 unspecified atom stereocenters. The van der Waals surface area contributed by atoms with Gasteiger partial charge in [-0.05, 0) is 32.8 Å². The topological polar surface area (TPSA) is 175 Å². The van der Waals surface area contributed by atoms with Crippen molar-refractivity contribution in [2.24, 2.45) is 0 Å². The number of carboxylic acid groups (broad SMARTS) is 1. The summed E-state index contributed by atoms with van der Waals surface area (Å²) in [5.41, 5.74) is -0.483. The van der Waals surface area contributed by atoms with E-state index in [9.17, 15) is 32.4 Å². The molecule has 0 aromatic carbocycles. The zero-order valence-corrected chi connectivity index (χ0v) is 23.6. The van der Waals surface area contributed by atoms with E-state index in [0.29, 0.717) is 40.6 Å². The van der Waals surface area contributed by atoms with Gasteiger partial charge in [0.25, 0.3) is 6.43 Å². The van der Waals surface area contributed by atoms with E-state index in [-0.39, 0.29) is 35.6 Å². The lowest BCUT2D eigenvalue weighted by Crippen LogP contribution is -2.64. The number of sulfonamides is 1. The molecule has 0 spiro atoms. The highest BCUT2D eigenvalue weighted by molar-refractivity contribution is 7.89. The second-order valence-electron chi connectivity index (χ2n) is 11.2. The molecule has 0 radical (unpaired) electrons. The van der Waals surface area contributed by atoms with Crippen LogP contribution in [0.2, 0.25) is 0 Å². The number of alkyl halides is 2. The highest BCUT2D eigenvalue weighted by Gasteiger charge is 2.44. The molecule has 2 aliphatic heterocycles. The molecule has 13 nitrogen and oxygen atoms in total. The Labute approximate surface area is 237 Å². The van der Waals surface area contributed by atoms with Crippen LogP contribution in [0.4, 0.5) is 14.5 Å². The van der Waals surface area contributed by atoms with Crippen molar-refractivity contribution in [1.29, 1.82) is 5.26 Å². The summed E-state index contributed by atoms with van der Waals surface area (Å²) >= 11 is 0.699. The molecule has 1 atom stereocenters. The number of nitriles is 1. The van der Waals surface area contributed by atoms with Gasteiger partial charge in [0.1, 0.15) is 16.6 Å². The van der Waals surface area contributed by atoms with Gasteiger partial charge >= 0.3 is 5.97 Å². The Kier molecular flexibility index (Phi) is 6.54. The second-order valence-corrected chi connectivity index (χ2v) is 13.9. The summed E-state index contributed by atoms with van der Waals surface area (Å²) in [6.07, 6.45) is 0.117. The fourth-order valence-electron chi connectivity index (χ4n) is 5.19. The van der Waals surface area contributed by atoms with Gasteiger partial charge in [0.2, 0.25) is 10.0 Å². The molecule has 3 aliphatic rings. The van der Waals surface area contributed by atoms with E-state index in [1.54, 1.807) is 4.90 Å². The van der Waals surface area contributed by atoms with E-state index < -0.39 is 44.5 Å². The first-order valence-electron chi connectivity index (χ1n) is 12.8. The molecule has 1 saturated carbocycles. The number of ether oxygens (including phenoxy) is 1.